The summed E-state index contributed by atoms with van der Waals surface area (Å²) in [5.41, 5.74) is 0.402. The van der Waals surface area contributed by atoms with Crippen LogP contribution in [0.5, 0.6) is 5.88 Å². The van der Waals surface area contributed by atoms with Crippen molar-refractivity contribution in [3.8, 4) is 5.88 Å². The molecular formula is C9H14N2O3. The number of hydrogen-bond donors (Lipinski definition) is 0. The number of ether oxygens (including phenoxy) is 2. The van der Waals surface area contributed by atoms with Crippen LogP contribution in [0.4, 0.5) is 0 Å². The molecule has 0 saturated heterocycles. The summed E-state index contributed by atoms with van der Waals surface area (Å²) in [4.78, 5) is 11.3. The number of hydrogen-bond acceptors (Lipinski definition) is 4. The van der Waals surface area contributed by atoms with E-state index in [-0.39, 0.29) is 6.04 Å². The summed E-state index contributed by atoms with van der Waals surface area (Å²) in [6.07, 6.45) is 0. The molecule has 0 radical (unpaired) electrons. The second kappa shape index (κ2) is 4.13. The third-order valence-corrected chi connectivity index (χ3v) is 1.81. The minimum Gasteiger partial charge on any atom is -0.480 e. The average Bonchev–Trinajstić information content (AvgIpc) is 2.60. The van der Waals surface area contributed by atoms with Crippen LogP contribution < -0.4 is 4.74 Å². The molecule has 0 aliphatic rings. The van der Waals surface area contributed by atoms with Crippen molar-refractivity contribution in [3.63, 3.8) is 0 Å². The van der Waals surface area contributed by atoms with Crippen LogP contribution >= 0.6 is 0 Å². The predicted molar refractivity (Wildman–Crippen MR) is 50.5 cm³/mol. The molecule has 1 heterocycles. The molecule has 5 heteroatoms. The summed E-state index contributed by atoms with van der Waals surface area (Å²) in [5.74, 6) is 0.00796. The molecule has 0 amide bonds. The van der Waals surface area contributed by atoms with Gasteiger partial charge >= 0.3 is 5.97 Å². The summed E-state index contributed by atoms with van der Waals surface area (Å²) in [6, 6.07) is 1.65. The van der Waals surface area contributed by atoms with Crippen LogP contribution in [0, 0.1) is 0 Å². The maximum Gasteiger partial charge on any atom is 0.356 e. The molecule has 0 aromatic carbocycles. The molecule has 0 spiro atoms. The van der Waals surface area contributed by atoms with E-state index in [1.165, 1.54) is 14.2 Å². The molecule has 0 atom stereocenters. The molecule has 0 aliphatic carbocycles. The lowest BCUT2D eigenvalue weighted by Gasteiger charge is -2.08. The van der Waals surface area contributed by atoms with Gasteiger partial charge in [0, 0.05) is 12.1 Å². The minimum atomic E-state index is -0.408. The van der Waals surface area contributed by atoms with Gasteiger partial charge in [0.2, 0.25) is 5.88 Å². The molecule has 0 N–H and O–H groups in total. The highest BCUT2D eigenvalue weighted by molar-refractivity contribution is 5.87. The quantitative estimate of drug-likeness (QED) is 0.686. The number of aromatic nitrogens is 2. The van der Waals surface area contributed by atoms with Crippen LogP contribution in [0.2, 0.25) is 0 Å². The molecule has 1 aromatic heterocycles. The first-order chi connectivity index (χ1) is 6.60. The summed E-state index contributed by atoms with van der Waals surface area (Å²) in [7, 11) is 2.85. The Labute approximate surface area is 82.6 Å². The zero-order valence-electron chi connectivity index (χ0n) is 8.77. The third kappa shape index (κ3) is 1.86. The van der Waals surface area contributed by atoms with Crippen molar-refractivity contribution in [1.82, 2.24) is 9.78 Å². The fourth-order valence-electron chi connectivity index (χ4n) is 1.12. The third-order valence-electron chi connectivity index (χ3n) is 1.81. The van der Waals surface area contributed by atoms with Crippen LogP contribution in [-0.4, -0.2) is 30.0 Å². The fraction of sp³-hybridized carbons (Fsp3) is 0.556. The zero-order valence-corrected chi connectivity index (χ0v) is 8.77. The Balaban J connectivity index is 3.12. The van der Waals surface area contributed by atoms with E-state index in [9.17, 15) is 4.79 Å². The van der Waals surface area contributed by atoms with Crippen molar-refractivity contribution in [2.45, 2.75) is 19.9 Å². The number of rotatable bonds is 3. The fourth-order valence-corrected chi connectivity index (χ4v) is 1.12. The van der Waals surface area contributed by atoms with Crippen molar-refractivity contribution in [1.29, 1.82) is 0 Å². The summed E-state index contributed by atoms with van der Waals surface area (Å²) in [5, 5.41) is 4.09. The zero-order chi connectivity index (χ0) is 10.7. The number of carbonyl (C=O) groups excluding carboxylic acids is 1. The largest absolute Gasteiger partial charge is 0.480 e. The normalized spacial score (nSPS) is 10.4. The van der Waals surface area contributed by atoms with E-state index >= 15 is 0 Å². The van der Waals surface area contributed by atoms with Crippen molar-refractivity contribution < 1.29 is 14.3 Å². The van der Waals surface area contributed by atoms with Crippen molar-refractivity contribution in [2.24, 2.45) is 0 Å². The van der Waals surface area contributed by atoms with E-state index < -0.39 is 5.97 Å². The molecule has 0 saturated carbocycles. The number of carbonyl (C=O) groups is 1. The van der Waals surface area contributed by atoms with Gasteiger partial charge in [0.15, 0.2) is 5.69 Å². The topological polar surface area (TPSA) is 53.4 Å². The van der Waals surface area contributed by atoms with E-state index in [4.69, 9.17) is 4.74 Å². The van der Waals surface area contributed by atoms with Gasteiger partial charge in [-0.15, -0.1) is 5.10 Å². The van der Waals surface area contributed by atoms with Gasteiger partial charge in [-0.05, 0) is 13.8 Å². The summed E-state index contributed by atoms with van der Waals surface area (Å²) in [6.45, 7) is 3.86. The predicted octanol–water partition coefficient (Wildman–Crippen LogP) is 1.26. The lowest BCUT2D eigenvalue weighted by atomic mass is 10.3. The lowest BCUT2D eigenvalue weighted by Crippen LogP contribution is -2.13. The molecule has 1 rings (SSSR count). The van der Waals surface area contributed by atoms with Crippen molar-refractivity contribution >= 4 is 5.97 Å². The molecule has 5 nitrogen and oxygen atoms in total. The van der Waals surface area contributed by atoms with Crippen molar-refractivity contribution in [2.75, 3.05) is 14.2 Å². The summed E-state index contributed by atoms with van der Waals surface area (Å²) >= 11 is 0. The second-order valence-corrected chi connectivity index (χ2v) is 3.10. The average molecular weight is 198 g/mol. The molecule has 1 aromatic rings. The van der Waals surface area contributed by atoms with E-state index in [1.54, 1.807) is 10.7 Å². The smallest absolute Gasteiger partial charge is 0.356 e. The number of esters is 1. The van der Waals surface area contributed by atoms with Gasteiger partial charge < -0.3 is 9.47 Å². The second-order valence-electron chi connectivity index (χ2n) is 3.10. The Morgan fingerprint density at radius 2 is 2.14 bits per heavy atom. The van der Waals surface area contributed by atoms with Crippen LogP contribution in [0.25, 0.3) is 0 Å². The SMILES string of the molecule is COC(=O)c1cc(OC)nn1C(C)C. The summed E-state index contributed by atoms with van der Waals surface area (Å²) < 4.78 is 11.1. The van der Waals surface area contributed by atoms with Gasteiger partial charge in [0.25, 0.3) is 0 Å². The van der Waals surface area contributed by atoms with E-state index in [0.29, 0.717) is 11.6 Å². The monoisotopic (exact) mass is 198 g/mol. The molecule has 0 bridgehead atoms. The van der Waals surface area contributed by atoms with Gasteiger partial charge in [0.1, 0.15) is 0 Å². The lowest BCUT2D eigenvalue weighted by molar-refractivity contribution is 0.0584. The van der Waals surface area contributed by atoms with Gasteiger partial charge in [-0.25, -0.2) is 4.79 Å². The van der Waals surface area contributed by atoms with Crippen LogP contribution in [0.15, 0.2) is 6.07 Å². The van der Waals surface area contributed by atoms with Crippen LogP contribution in [0.1, 0.15) is 30.4 Å². The highest BCUT2D eigenvalue weighted by Gasteiger charge is 2.17. The van der Waals surface area contributed by atoms with E-state index in [2.05, 4.69) is 9.84 Å². The van der Waals surface area contributed by atoms with Crippen LogP contribution in [-0.2, 0) is 4.74 Å². The first kappa shape index (κ1) is 10.6. The Morgan fingerprint density at radius 1 is 1.50 bits per heavy atom. The standard InChI is InChI=1S/C9H14N2O3/c1-6(2)11-7(9(12)14-4)5-8(10-11)13-3/h5-6H,1-4H3. The highest BCUT2D eigenvalue weighted by Crippen LogP contribution is 2.16. The molecular weight excluding hydrogens is 184 g/mol. The van der Waals surface area contributed by atoms with Gasteiger partial charge in [-0.1, -0.05) is 0 Å². The van der Waals surface area contributed by atoms with E-state index in [0.717, 1.165) is 0 Å². The number of methoxy groups -OCH3 is 2. The Morgan fingerprint density at radius 3 is 2.57 bits per heavy atom. The van der Waals surface area contributed by atoms with E-state index in [1.807, 2.05) is 13.8 Å². The Bertz CT molecular complexity index is 331. The molecule has 0 aliphatic heterocycles. The van der Waals surface area contributed by atoms with Gasteiger partial charge in [0.05, 0.1) is 14.2 Å². The maximum absolute atomic E-state index is 11.3. The van der Waals surface area contributed by atoms with Gasteiger partial charge in [-0.3, -0.25) is 4.68 Å². The highest BCUT2D eigenvalue weighted by atomic mass is 16.5. The van der Waals surface area contributed by atoms with Crippen LogP contribution in [0.3, 0.4) is 0 Å². The van der Waals surface area contributed by atoms with Crippen molar-refractivity contribution in [3.05, 3.63) is 11.8 Å². The van der Waals surface area contributed by atoms with Gasteiger partial charge in [-0.2, -0.15) is 0 Å². The Hall–Kier alpha value is -1.52. The molecule has 0 fully saturated rings. The molecule has 14 heavy (non-hydrogen) atoms. The first-order valence-corrected chi connectivity index (χ1v) is 4.32. The Kier molecular flexibility index (Phi) is 3.11. The molecule has 0 unspecified atom stereocenters. The first-order valence-electron chi connectivity index (χ1n) is 4.32. The number of nitrogens with zero attached hydrogens (tertiary/aromatic N) is 2. The minimum absolute atomic E-state index is 0.0907. The molecule has 78 valence electrons. The maximum atomic E-state index is 11.3.